The van der Waals surface area contributed by atoms with E-state index in [0.717, 1.165) is 31.8 Å². The van der Waals surface area contributed by atoms with E-state index in [1.807, 2.05) is 6.07 Å². The highest BCUT2D eigenvalue weighted by Crippen LogP contribution is 2.68. The summed E-state index contributed by atoms with van der Waals surface area (Å²) in [7, 11) is 0. The van der Waals surface area contributed by atoms with E-state index in [2.05, 4.69) is 30.5 Å². The van der Waals surface area contributed by atoms with Crippen LogP contribution in [0.3, 0.4) is 0 Å². The zero-order valence-electron chi connectivity index (χ0n) is 16.6. The first-order valence-electron chi connectivity index (χ1n) is 10.9. The number of aromatic hydroxyl groups is 1. The second kappa shape index (κ2) is 6.63. The largest absolute Gasteiger partial charge is 0.508 e. The lowest BCUT2D eigenvalue weighted by Crippen LogP contribution is -2.42. The van der Waals surface area contributed by atoms with Crippen LogP contribution in [0, 0.1) is 23.2 Å². The molecule has 3 nitrogen and oxygen atoms in total. The molecule has 3 heteroatoms. The predicted octanol–water partition coefficient (Wildman–Crippen LogP) is 5.06. The molecule has 0 amide bonds. The molecule has 0 unspecified atom stereocenters. The average Bonchev–Trinajstić information content (AvgIpc) is 3.19. The molecule has 2 aliphatic heterocycles. The average molecular weight is 368 g/mol. The summed E-state index contributed by atoms with van der Waals surface area (Å²) in [4.78, 5) is 2.48. The number of likely N-dealkylation sites (tertiary alicyclic amines) is 1. The molecule has 2 aliphatic carbocycles. The number of hydrogen-bond acceptors (Lipinski definition) is 3. The van der Waals surface area contributed by atoms with Gasteiger partial charge in [0.1, 0.15) is 5.75 Å². The van der Waals surface area contributed by atoms with Gasteiger partial charge in [0.05, 0.1) is 6.10 Å². The van der Waals surface area contributed by atoms with Crippen LogP contribution >= 0.6 is 0 Å². The normalized spacial score (nSPS) is 38.9. The number of hydrogen-bond donors (Lipinski definition) is 1. The zero-order valence-corrected chi connectivity index (χ0v) is 16.6. The molecule has 1 aromatic carbocycles. The van der Waals surface area contributed by atoms with Gasteiger partial charge in [0, 0.05) is 18.7 Å². The van der Waals surface area contributed by atoms with E-state index in [0.29, 0.717) is 28.9 Å². The van der Waals surface area contributed by atoms with Crippen LogP contribution in [-0.4, -0.2) is 29.7 Å². The molecule has 2 saturated heterocycles. The summed E-state index contributed by atoms with van der Waals surface area (Å²) in [5.41, 5.74) is 4.23. The summed E-state index contributed by atoms with van der Waals surface area (Å²) in [6, 6.07) is 6.23. The van der Waals surface area contributed by atoms with Gasteiger partial charge in [0.25, 0.3) is 0 Å². The van der Waals surface area contributed by atoms with Crippen molar-refractivity contribution in [3.05, 3.63) is 41.5 Å². The smallest absolute Gasteiger partial charge is 0.120 e. The Hall–Kier alpha value is -1.32. The topological polar surface area (TPSA) is 32.7 Å². The van der Waals surface area contributed by atoms with E-state index in [9.17, 15) is 5.11 Å². The number of fused-ring (bicyclic) bond motifs is 1. The highest BCUT2D eigenvalue weighted by Gasteiger charge is 2.61. The van der Waals surface area contributed by atoms with Gasteiger partial charge < -0.3 is 9.84 Å². The fraction of sp³-hybridized carbons (Fsp3) is 0.667. The Balaban J connectivity index is 1.41. The van der Waals surface area contributed by atoms with Gasteiger partial charge in [0.15, 0.2) is 0 Å². The molecular formula is C24H33NO2. The molecule has 0 radical (unpaired) electrons. The Morgan fingerprint density at radius 3 is 2.85 bits per heavy atom. The van der Waals surface area contributed by atoms with Gasteiger partial charge in [0.2, 0.25) is 0 Å². The van der Waals surface area contributed by atoms with Crippen molar-refractivity contribution in [2.24, 2.45) is 23.2 Å². The van der Waals surface area contributed by atoms with Crippen molar-refractivity contribution in [3.63, 3.8) is 0 Å². The molecule has 1 N–H and O–H groups in total. The maximum atomic E-state index is 10.5. The van der Waals surface area contributed by atoms with Gasteiger partial charge >= 0.3 is 0 Å². The summed E-state index contributed by atoms with van der Waals surface area (Å²) in [5.74, 6) is 2.35. The Labute approximate surface area is 163 Å². The van der Waals surface area contributed by atoms with Crippen molar-refractivity contribution in [2.45, 2.75) is 58.1 Å². The first kappa shape index (κ1) is 17.8. The first-order chi connectivity index (χ1) is 13.1. The van der Waals surface area contributed by atoms with E-state index in [1.165, 1.54) is 49.7 Å². The minimum absolute atomic E-state index is 0.181. The second-order valence-corrected chi connectivity index (χ2v) is 9.54. The lowest BCUT2D eigenvalue weighted by atomic mass is 9.62. The van der Waals surface area contributed by atoms with Gasteiger partial charge in [-0.25, -0.2) is 0 Å². The molecule has 2 saturated carbocycles. The molecule has 4 fully saturated rings. The van der Waals surface area contributed by atoms with Crippen LogP contribution in [0.25, 0.3) is 0 Å². The van der Waals surface area contributed by atoms with Crippen LogP contribution < -0.4 is 0 Å². The van der Waals surface area contributed by atoms with Crippen molar-refractivity contribution >= 4 is 0 Å². The van der Waals surface area contributed by atoms with Crippen LogP contribution in [0.15, 0.2) is 30.4 Å². The molecule has 4 aliphatic rings. The Morgan fingerprint density at radius 1 is 1.26 bits per heavy atom. The van der Waals surface area contributed by atoms with E-state index in [1.54, 1.807) is 0 Å². The van der Waals surface area contributed by atoms with Crippen LogP contribution in [0.5, 0.6) is 5.75 Å². The molecule has 5 rings (SSSR count). The van der Waals surface area contributed by atoms with Gasteiger partial charge in [-0.1, -0.05) is 31.6 Å². The van der Waals surface area contributed by atoms with Crippen molar-refractivity contribution in [1.29, 1.82) is 0 Å². The van der Waals surface area contributed by atoms with E-state index < -0.39 is 0 Å². The molecule has 2 heterocycles. The molecule has 5 atom stereocenters. The van der Waals surface area contributed by atoms with Gasteiger partial charge in [-0.15, -0.1) is 0 Å². The lowest BCUT2D eigenvalue weighted by molar-refractivity contribution is -0.106. The summed E-state index contributed by atoms with van der Waals surface area (Å²) in [6.07, 6.45) is 7.81. The second-order valence-electron chi connectivity index (χ2n) is 9.54. The highest BCUT2D eigenvalue weighted by atomic mass is 16.5. The fourth-order valence-corrected chi connectivity index (χ4v) is 6.75. The van der Waals surface area contributed by atoms with Crippen molar-refractivity contribution in [2.75, 3.05) is 19.7 Å². The number of ether oxygens (including phenoxy) is 1. The van der Waals surface area contributed by atoms with E-state index in [4.69, 9.17) is 4.74 Å². The Morgan fingerprint density at radius 2 is 2.07 bits per heavy atom. The number of piperidine rings is 1. The van der Waals surface area contributed by atoms with E-state index >= 15 is 0 Å². The summed E-state index contributed by atoms with van der Waals surface area (Å²) in [5, 5.41) is 10.5. The van der Waals surface area contributed by atoms with Crippen LogP contribution in [0.1, 0.15) is 62.7 Å². The zero-order chi connectivity index (χ0) is 18.6. The minimum Gasteiger partial charge on any atom is -0.508 e. The Bertz CT molecular complexity index is 738. The number of nitrogens with zero attached hydrogens (tertiary/aromatic N) is 1. The van der Waals surface area contributed by atoms with Gasteiger partial charge in [-0.3, -0.25) is 4.90 Å². The summed E-state index contributed by atoms with van der Waals surface area (Å²) in [6.45, 7) is 10.8. The van der Waals surface area contributed by atoms with Gasteiger partial charge in [-0.05, 0) is 86.1 Å². The number of phenols is 1. The summed E-state index contributed by atoms with van der Waals surface area (Å²) < 4.78 is 6.37. The third-order valence-electron chi connectivity index (χ3n) is 8.35. The number of rotatable bonds is 3. The molecule has 146 valence electrons. The lowest BCUT2D eigenvalue weighted by Gasteiger charge is -2.48. The maximum Gasteiger partial charge on any atom is 0.120 e. The SMILES string of the molecule is C=C1[C@@H]2C[C@@H]3[C@@H](c4ccc(O)c(CN5CCCCC5)c4)OCC[C@@]3(C2)[C@@H]1C. The van der Waals surface area contributed by atoms with Gasteiger partial charge in [-0.2, -0.15) is 0 Å². The fourth-order valence-electron chi connectivity index (χ4n) is 6.75. The van der Waals surface area contributed by atoms with Crippen LogP contribution in [0.2, 0.25) is 0 Å². The monoisotopic (exact) mass is 367 g/mol. The quantitative estimate of drug-likeness (QED) is 0.758. The van der Waals surface area contributed by atoms with Crippen molar-refractivity contribution in [1.82, 2.24) is 4.90 Å². The standard InChI is InChI=1S/C24H33NO2/c1-16-17(2)24-8-11-27-23(21(24)13-19(16)14-24)18-6-7-22(26)20(12-18)15-25-9-4-3-5-10-25/h6-7,12,17,19,21,23,26H,1,3-5,8-11,13-15H2,2H3/t17-,19-,21-,23-,24-/m1/s1. The highest BCUT2D eigenvalue weighted by molar-refractivity contribution is 5.38. The molecule has 0 aromatic heterocycles. The van der Waals surface area contributed by atoms with Crippen LogP contribution in [0.4, 0.5) is 0 Å². The number of allylic oxidation sites excluding steroid dienone is 1. The summed E-state index contributed by atoms with van der Waals surface area (Å²) >= 11 is 0. The van der Waals surface area contributed by atoms with E-state index in [-0.39, 0.29) is 6.10 Å². The predicted molar refractivity (Wildman–Crippen MR) is 107 cm³/mol. The van der Waals surface area contributed by atoms with Crippen molar-refractivity contribution in [3.8, 4) is 5.75 Å². The van der Waals surface area contributed by atoms with Crippen LogP contribution in [-0.2, 0) is 11.3 Å². The van der Waals surface area contributed by atoms with Crippen molar-refractivity contribution < 1.29 is 9.84 Å². The molecule has 2 bridgehead atoms. The minimum atomic E-state index is 0.181. The number of benzene rings is 1. The maximum absolute atomic E-state index is 10.5. The molecule has 1 spiro atoms. The number of phenolic OH excluding ortho intramolecular Hbond substituents is 1. The molecular weight excluding hydrogens is 334 g/mol. The third kappa shape index (κ3) is 2.77. The molecule has 1 aromatic rings. The molecule has 27 heavy (non-hydrogen) atoms. The first-order valence-corrected chi connectivity index (χ1v) is 10.9. The third-order valence-corrected chi connectivity index (χ3v) is 8.35. The Kier molecular flexibility index (Phi) is 4.36.